The Bertz CT molecular complexity index is 416. The number of nitrogens with zero attached hydrogens (tertiary/aromatic N) is 1. The maximum atomic E-state index is 6.50. The van der Waals surface area contributed by atoms with Gasteiger partial charge in [0.15, 0.2) is 0 Å². The maximum absolute atomic E-state index is 6.50. The minimum atomic E-state index is 0.184. The molecule has 1 saturated heterocycles. The molecule has 3 heteroatoms. The van der Waals surface area contributed by atoms with Gasteiger partial charge in [-0.25, -0.2) is 0 Å². The molecule has 2 N–H and O–H groups in total. The monoisotopic (exact) mass is 308 g/mol. The van der Waals surface area contributed by atoms with Gasteiger partial charge in [0.05, 0.1) is 6.04 Å². The summed E-state index contributed by atoms with van der Waals surface area (Å²) in [7, 11) is 0. The molecule has 0 saturated carbocycles. The maximum Gasteiger partial charge on any atom is 0.0502 e. The summed E-state index contributed by atoms with van der Waals surface area (Å²) in [5.74, 6) is 0. The second-order valence-corrected chi connectivity index (χ2v) is 6.68. The zero-order valence-electron chi connectivity index (χ0n) is 13.4. The average Bonchev–Trinajstić information content (AvgIpc) is 2.51. The molecule has 3 atom stereocenters. The lowest BCUT2D eigenvalue weighted by atomic mass is 9.89. The Morgan fingerprint density at radius 3 is 2.57 bits per heavy atom. The molecular formula is C18H29ClN2. The van der Waals surface area contributed by atoms with Gasteiger partial charge in [0.1, 0.15) is 0 Å². The van der Waals surface area contributed by atoms with Crippen molar-refractivity contribution >= 4 is 11.6 Å². The highest BCUT2D eigenvalue weighted by molar-refractivity contribution is 6.30. The number of benzene rings is 1. The first-order valence-corrected chi connectivity index (χ1v) is 8.82. The van der Waals surface area contributed by atoms with Crippen LogP contribution >= 0.6 is 11.6 Å². The van der Waals surface area contributed by atoms with Gasteiger partial charge in [0, 0.05) is 17.1 Å². The molecule has 1 aromatic rings. The van der Waals surface area contributed by atoms with Gasteiger partial charge in [-0.2, -0.15) is 0 Å². The van der Waals surface area contributed by atoms with Gasteiger partial charge in [-0.3, -0.25) is 4.90 Å². The molecule has 0 radical (unpaired) electrons. The molecule has 3 unspecified atom stereocenters. The van der Waals surface area contributed by atoms with E-state index in [1.807, 2.05) is 12.1 Å². The van der Waals surface area contributed by atoms with Crippen LogP contribution in [0.4, 0.5) is 0 Å². The van der Waals surface area contributed by atoms with Crippen molar-refractivity contribution in [3.05, 3.63) is 34.9 Å². The molecule has 0 amide bonds. The minimum absolute atomic E-state index is 0.184. The SMILES string of the molecule is CCCC1CCCCN1C(c1ccc(Cl)cc1)C(N)CC. The minimum Gasteiger partial charge on any atom is -0.326 e. The van der Waals surface area contributed by atoms with E-state index in [2.05, 4.69) is 30.9 Å². The number of hydrogen-bond donors (Lipinski definition) is 1. The third kappa shape index (κ3) is 4.21. The standard InChI is InChI=1S/C18H29ClN2/c1-3-7-16-8-5-6-13-21(16)18(17(20)4-2)14-9-11-15(19)12-10-14/h9-12,16-18H,3-8,13,20H2,1-2H3. The zero-order valence-corrected chi connectivity index (χ0v) is 14.1. The van der Waals surface area contributed by atoms with Crippen molar-refractivity contribution in [2.75, 3.05) is 6.54 Å². The molecule has 2 rings (SSSR count). The van der Waals surface area contributed by atoms with E-state index in [4.69, 9.17) is 17.3 Å². The van der Waals surface area contributed by atoms with Gasteiger partial charge in [-0.15, -0.1) is 0 Å². The Hall–Kier alpha value is -0.570. The summed E-state index contributed by atoms with van der Waals surface area (Å²) in [6.07, 6.45) is 7.49. The number of rotatable bonds is 6. The van der Waals surface area contributed by atoms with Crippen molar-refractivity contribution in [1.82, 2.24) is 4.90 Å². The predicted molar refractivity (Wildman–Crippen MR) is 91.7 cm³/mol. The van der Waals surface area contributed by atoms with Crippen LogP contribution in [0.25, 0.3) is 0 Å². The van der Waals surface area contributed by atoms with Crippen molar-refractivity contribution in [1.29, 1.82) is 0 Å². The van der Waals surface area contributed by atoms with E-state index < -0.39 is 0 Å². The molecule has 0 aromatic heterocycles. The lowest BCUT2D eigenvalue weighted by Gasteiger charge is -2.44. The van der Waals surface area contributed by atoms with Crippen molar-refractivity contribution in [2.45, 2.75) is 70.5 Å². The van der Waals surface area contributed by atoms with E-state index in [-0.39, 0.29) is 6.04 Å². The highest BCUT2D eigenvalue weighted by Gasteiger charge is 2.32. The van der Waals surface area contributed by atoms with Crippen molar-refractivity contribution < 1.29 is 0 Å². The molecule has 1 fully saturated rings. The quantitative estimate of drug-likeness (QED) is 0.820. The summed E-state index contributed by atoms with van der Waals surface area (Å²) < 4.78 is 0. The third-order valence-electron chi connectivity index (χ3n) is 4.74. The van der Waals surface area contributed by atoms with E-state index in [1.54, 1.807) is 0 Å². The summed E-state index contributed by atoms with van der Waals surface area (Å²) in [6, 6.07) is 9.48. The summed E-state index contributed by atoms with van der Waals surface area (Å²) in [5, 5.41) is 0.798. The third-order valence-corrected chi connectivity index (χ3v) is 4.99. The molecule has 1 heterocycles. The van der Waals surface area contributed by atoms with E-state index in [0.29, 0.717) is 12.1 Å². The van der Waals surface area contributed by atoms with Crippen molar-refractivity contribution in [3.63, 3.8) is 0 Å². The first-order chi connectivity index (χ1) is 10.2. The lowest BCUT2D eigenvalue weighted by Crippen LogP contribution is -2.48. The molecule has 118 valence electrons. The van der Waals surface area contributed by atoms with Gasteiger partial charge in [-0.05, 0) is 49.9 Å². The Labute approximate surface area is 134 Å². The fraction of sp³-hybridized carbons (Fsp3) is 0.667. The van der Waals surface area contributed by atoms with Gasteiger partial charge in [-0.1, -0.05) is 50.4 Å². The second-order valence-electron chi connectivity index (χ2n) is 6.24. The molecular weight excluding hydrogens is 280 g/mol. The summed E-state index contributed by atoms with van der Waals surface area (Å²) in [5.41, 5.74) is 7.82. The van der Waals surface area contributed by atoms with Crippen LogP contribution in [0.1, 0.15) is 64.0 Å². The van der Waals surface area contributed by atoms with E-state index >= 15 is 0 Å². The first-order valence-electron chi connectivity index (χ1n) is 8.44. The molecule has 0 aliphatic carbocycles. The Morgan fingerprint density at radius 2 is 1.95 bits per heavy atom. The second kappa shape index (κ2) is 8.17. The molecule has 1 aliphatic heterocycles. The van der Waals surface area contributed by atoms with Crippen LogP contribution in [0, 0.1) is 0 Å². The van der Waals surface area contributed by atoms with Gasteiger partial charge >= 0.3 is 0 Å². The summed E-state index contributed by atoms with van der Waals surface area (Å²) >= 11 is 6.05. The van der Waals surface area contributed by atoms with Crippen LogP contribution < -0.4 is 5.73 Å². The van der Waals surface area contributed by atoms with Crippen LogP contribution in [0.5, 0.6) is 0 Å². The molecule has 21 heavy (non-hydrogen) atoms. The number of hydrogen-bond acceptors (Lipinski definition) is 2. The topological polar surface area (TPSA) is 29.3 Å². The van der Waals surface area contributed by atoms with Gasteiger partial charge < -0.3 is 5.73 Å². The average molecular weight is 309 g/mol. The normalized spacial score (nSPS) is 23.0. The Kier molecular flexibility index (Phi) is 6.53. The van der Waals surface area contributed by atoms with Crippen LogP contribution in [0.3, 0.4) is 0 Å². The highest BCUT2D eigenvalue weighted by atomic mass is 35.5. The van der Waals surface area contributed by atoms with Crippen molar-refractivity contribution in [2.24, 2.45) is 5.73 Å². The van der Waals surface area contributed by atoms with Gasteiger partial charge in [0.2, 0.25) is 0 Å². The Balaban J connectivity index is 2.27. The smallest absolute Gasteiger partial charge is 0.0502 e. The molecule has 0 spiro atoms. The highest BCUT2D eigenvalue weighted by Crippen LogP contribution is 2.33. The van der Waals surface area contributed by atoms with Gasteiger partial charge in [0.25, 0.3) is 0 Å². The van der Waals surface area contributed by atoms with Crippen LogP contribution in [-0.4, -0.2) is 23.5 Å². The molecule has 0 bridgehead atoms. The van der Waals surface area contributed by atoms with Crippen molar-refractivity contribution in [3.8, 4) is 0 Å². The largest absolute Gasteiger partial charge is 0.326 e. The van der Waals surface area contributed by atoms with Crippen LogP contribution in [0.2, 0.25) is 5.02 Å². The van der Waals surface area contributed by atoms with E-state index in [1.165, 1.54) is 44.2 Å². The van der Waals surface area contributed by atoms with Crippen LogP contribution in [0.15, 0.2) is 24.3 Å². The number of likely N-dealkylation sites (tertiary alicyclic amines) is 1. The van der Waals surface area contributed by atoms with E-state index in [9.17, 15) is 0 Å². The Morgan fingerprint density at radius 1 is 1.24 bits per heavy atom. The first kappa shape index (κ1) is 16.8. The fourth-order valence-corrected chi connectivity index (χ4v) is 3.73. The fourth-order valence-electron chi connectivity index (χ4n) is 3.60. The number of nitrogens with two attached hydrogens (primary N) is 1. The molecule has 2 nitrogen and oxygen atoms in total. The predicted octanol–water partition coefficient (Wildman–Crippen LogP) is 4.77. The number of piperidine rings is 1. The number of halogens is 1. The van der Waals surface area contributed by atoms with E-state index in [0.717, 1.165) is 11.4 Å². The van der Waals surface area contributed by atoms with Crippen LogP contribution in [-0.2, 0) is 0 Å². The molecule has 1 aliphatic rings. The summed E-state index contributed by atoms with van der Waals surface area (Å²) in [6.45, 7) is 5.64. The lowest BCUT2D eigenvalue weighted by molar-refractivity contribution is 0.0726. The molecule has 1 aromatic carbocycles. The summed E-state index contributed by atoms with van der Waals surface area (Å²) in [4.78, 5) is 2.67. The zero-order chi connectivity index (χ0) is 15.2.